The Kier molecular flexibility index (Phi) is 10.3. The van der Waals surface area contributed by atoms with Crippen molar-refractivity contribution in [3.8, 4) is 0 Å². The molecule has 2 unspecified atom stereocenters. The maximum absolute atomic E-state index is 14.1. The summed E-state index contributed by atoms with van der Waals surface area (Å²) in [7, 11) is 0. The second kappa shape index (κ2) is 13.6. The van der Waals surface area contributed by atoms with Crippen molar-refractivity contribution in [2.75, 3.05) is 6.54 Å². The molecule has 3 aromatic carbocycles. The smallest absolute Gasteiger partial charge is 0.408 e. The molecule has 2 N–H and O–H groups in total. The molecular formula is C32H39N3O4. The molecule has 3 amide bonds. The van der Waals surface area contributed by atoms with Crippen LogP contribution >= 0.6 is 0 Å². The van der Waals surface area contributed by atoms with Crippen LogP contribution in [0.4, 0.5) is 4.79 Å². The number of ether oxygens (including phenoxy) is 1. The van der Waals surface area contributed by atoms with E-state index in [1.165, 1.54) is 4.90 Å². The number of amides is 3. The number of benzene rings is 3. The lowest BCUT2D eigenvalue weighted by Crippen LogP contribution is -2.53. The summed E-state index contributed by atoms with van der Waals surface area (Å²) < 4.78 is 5.47. The van der Waals surface area contributed by atoms with E-state index in [4.69, 9.17) is 4.74 Å². The van der Waals surface area contributed by atoms with E-state index in [1.807, 2.05) is 98.8 Å². The van der Waals surface area contributed by atoms with Crippen molar-refractivity contribution in [2.45, 2.75) is 65.3 Å². The molecule has 0 bridgehead atoms. The number of hydrogen-bond acceptors (Lipinski definition) is 4. The van der Waals surface area contributed by atoms with Crippen LogP contribution in [0, 0.1) is 6.92 Å². The number of nitrogens with one attached hydrogen (secondary N) is 2. The molecule has 0 fully saturated rings. The predicted molar refractivity (Wildman–Crippen MR) is 153 cm³/mol. The van der Waals surface area contributed by atoms with E-state index in [9.17, 15) is 14.4 Å². The van der Waals surface area contributed by atoms with Crippen molar-refractivity contribution in [3.63, 3.8) is 0 Å². The minimum Gasteiger partial charge on any atom is -0.444 e. The first-order valence-electron chi connectivity index (χ1n) is 13.3. The summed E-state index contributed by atoms with van der Waals surface area (Å²) in [5, 5.41) is 5.77. The normalized spacial score (nSPS) is 12.6. The number of aryl methyl sites for hydroxylation is 1. The molecule has 0 saturated heterocycles. The van der Waals surface area contributed by atoms with Crippen molar-refractivity contribution >= 4 is 17.9 Å². The van der Waals surface area contributed by atoms with Gasteiger partial charge in [0.1, 0.15) is 17.7 Å². The Balaban J connectivity index is 1.94. The quantitative estimate of drug-likeness (QED) is 0.371. The zero-order valence-corrected chi connectivity index (χ0v) is 23.4. The average Bonchev–Trinajstić information content (AvgIpc) is 2.89. The molecule has 0 aliphatic rings. The van der Waals surface area contributed by atoms with Gasteiger partial charge in [-0.1, -0.05) is 90.5 Å². The van der Waals surface area contributed by atoms with Crippen molar-refractivity contribution in [1.82, 2.24) is 15.5 Å². The molecule has 0 heterocycles. The van der Waals surface area contributed by atoms with Gasteiger partial charge in [0.25, 0.3) is 0 Å². The molecule has 7 heteroatoms. The van der Waals surface area contributed by atoms with E-state index in [0.29, 0.717) is 12.1 Å². The summed E-state index contributed by atoms with van der Waals surface area (Å²) in [5.41, 5.74) is 2.78. The van der Waals surface area contributed by atoms with Crippen LogP contribution in [-0.4, -0.2) is 41.0 Å². The summed E-state index contributed by atoms with van der Waals surface area (Å²) in [5.74, 6) is -0.663. The van der Waals surface area contributed by atoms with Gasteiger partial charge in [-0.15, -0.1) is 0 Å². The lowest BCUT2D eigenvalue weighted by molar-refractivity contribution is -0.142. The number of carbonyl (C=O) groups excluding carboxylic acids is 3. The molecular weight excluding hydrogens is 490 g/mol. The standard InChI is InChI=1S/C32H39N3O4/c1-6-35(30(37)27(21-24-15-9-7-10-16-24)34-31(38)39-32(3,4)5)28(26-19-13-14-23(2)20-26)29(36)33-22-25-17-11-8-12-18-25/h7-20,27-28H,6,21-22H2,1-5H3,(H,33,36)(H,34,38). The molecule has 2 atom stereocenters. The predicted octanol–water partition coefficient (Wildman–Crippen LogP) is 5.34. The zero-order chi connectivity index (χ0) is 28.4. The van der Waals surface area contributed by atoms with Crippen LogP contribution in [0.25, 0.3) is 0 Å². The number of rotatable bonds is 10. The van der Waals surface area contributed by atoms with Gasteiger partial charge in [0, 0.05) is 19.5 Å². The molecule has 0 spiro atoms. The monoisotopic (exact) mass is 529 g/mol. The van der Waals surface area contributed by atoms with Gasteiger partial charge in [-0.2, -0.15) is 0 Å². The molecule has 0 aliphatic heterocycles. The van der Waals surface area contributed by atoms with Gasteiger partial charge in [0.05, 0.1) is 0 Å². The zero-order valence-electron chi connectivity index (χ0n) is 23.4. The fraction of sp³-hybridized carbons (Fsp3) is 0.344. The first-order chi connectivity index (χ1) is 18.6. The van der Waals surface area contributed by atoms with E-state index in [1.54, 1.807) is 20.8 Å². The van der Waals surface area contributed by atoms with Crippen molar-refractivity contribution < 1.29 is 19.1 Å². The Hall–Kier alpha value is -4.13. The maximum Gasteiger partial charge on any atom is 0.408 e. The molecule has 0 saturated carbocycles. The SMILES string of the molecule is CCN(C(=O)C(Cc1ccccc1)NC(=O)OC(C)(C)C)C(C(=O)NCc1ccccc1)c1cccc(C)c1. The average molecular weight is 530 g/mol. The van der Waals surface area contributed by atoms with E-state index >= 15 is 0 Å². The third kappa shape index (κ3) is 8.99. The Morgan fingerprint density at radius 3 is 2.05 bits per heavy atom. The molecule has 0 radical (unpaired) electrons. The Labute approximate surface area is 231 Å². The summed E-state index contributed by atoms with van der Waals surface area (Å²) in [6.45, 7) is 9.67. The first-order valence-corrected chi connectivity index (χ1v) is 13.3. The van der Waals surface area contributed by atoms with Crippen molar-refractivity contribution in [1.29, 1.82) is 0 Å². The van der Waals surface area contributed by atoms with Crippen LogP contribution in [0.5, 0.6) is 0 Å². The highest BCUT2D eigenvalue weighted by molar-refractivity contribution is 5.92. The minimum atomic E-state index is -0.934. The summed E-state index contributed by atoms with van der Waals surface area (Å²) >= 11 is 0. The van der Waals surface area contributed by atoms with Crippen molar-refractivity contribution in [2.24, 2.45) is 0 Å². The highest BCUT2D eigenvalue weighted by Gasteiger charge is 2.35. The van der Waals surface area contributed by atoms with E-state index < -0.39 is 23.8 Å². The van der Waals surface area contributed by atoms with E-state index in [-0.39, 0.29) is 24.8 Å². The molecule has 0 aromatic heterocycles. The van der Waals surface area contributed by atoms with Crippen LogP contribution in [0.1, 0.15) is 56.0 Å². The highest BCUT2D eigenvalue weighted by Crippen LogP contribution is 2.24. The van der Waals surface area contributed by atoms with Gasteiger partial charge < -0.3 is 20.3 Å². The Morgan fingerprint density at radius 1 is 0.872 bits per heavy atom. The third-order valence-corrected chi connectivity index (χ3v) is 6.12. The van der Waals surface area contributed by atoms with E-state index in [0.717, 1.165) is 16.7 Å². The Bertz CT molecular complexity index is 1240. The lowest BCUT2D eigenvalue weighted by Gasteiger charge is -2.34. The fourth-order valence-electron chi connectivity index (χ4n) is 4.36. The summed E-state index contributed by atoms with van der Waals surface area (Å²) in [4.78, 5) is 42.1. The molecule has 39 heavy (non-hydrogen) atoms. The van der Waals surface area contributed by atoms with Gasteiger partial charge in [0.15, 0.2) is 0 Å². The topological polar surface area (TPSA) is 87.7 Å². The number of alkyl carbamates (subject to hydrolysis) is 1. The number of nitrogens with zero attached hydrogens (tertiary/aromatic N) is 1. The largest absolute Gasteiger partial charge is 0.444 e. The lowest BCUT2D eigenvalue weighted by atomic mass is 9.99. The molecule has 7 nitrogen and oxygen atoms in total. The van der Waals surface area contributed by atoms with Gasteiger partial charge in [-0.3, -0.25) is 9.59 Å². The second-order valence-electron chi connectivity index (χ2n) is 10.5. The van der Waals surface area contributed by atoms with Crippen LogP contribution in [-0.2, 0) is 27.3 Å². The van der Waals surface area contributed by atoms with Crippen LogP contribution in [0.3, 0.4) is 0 Å². The fourth-order valence-corrected chi connectivity index (χ4v) is 4.36. The summed E-state index contributed by atoms with van der Waals surface area (Å²) in [6.07, 6.45) is -0.435. The van der Waals surface area contributed by atoms with Crippen LogP contribution in [0.2, 0.25) is 0 Å². The number of carbonyl (C=O) groups is 3. The highest BCUT2D eigenvalue weighted by atomic mass is 16.6. The number of hydrogen-bond donors (Lipinski definition) is 2. The van der Waals surface area contributed by atoms with Crippen molar-refractivity contribution in [3.05, 3.63) is 107 Å². The summed E-state index contributed by atoms with van der Waals surface area (Å²) in [6, 6.07) is 24.9. The number of likely N-dealkylation sites (N-methyl/N-ethyl adjacent to an activating group) is 1. The Morgan fingerprint density at radius 2 is 1.49 bits per heavy atom. The first kappa shape index (κ1) is 29.4. The molecule has 3 aromatic rings. The maximum atomic E-state index is 14.1. The molecule has 0 aliphatic carbocycles. The van der Waals surface area contributed by atoms with Gasteiger partial charge in [0.2, 0.25) is 11.8 Å². The molecule has 3 rings (SSSR count). The van der Waals surface area contributed by atoms with Gasteiger partial charge >= 0.3 is 6.09 Å². The minimum absolute atomic E-state index is 0.252. The van der Waals surface area contributed by atoms with E-state index in [2.05, 4.69) is 10.6 Å². The second-order valence-corrected chi connectivity index (χ2v) is 10.5. The third-order valence-electron chi connectivity index (χ3n) is 6.12. The van der Waals surface area contributed by atoms with Crippen LogP contribution < -0.4 is 10.6 Å². The molecule has 206 valence electrons. The van der Waals surface area contributed by atoms with Gasteiger partial charge in [-0.05, 0) is 51.3 Å². The van der Waals surface area contributed by atoms with Crippen LogP contribution in [0.15, 0.2) is 84.9 Å². The van der Waals surface area contributed by atoms with Gasteiger partial charge in [-0.25, -0.2) is 4.79 Å².